The normalized spacial score (nSPS) is 12.6. The van der Waals surface area contributed by atoms with Crippen molar-refractivity contribution in [2.45, 2.75) is 39.5 Å². The van der Waals surface area contributed by atoms with Gasteiger partial charge in [-0.15, -0.1) is 13.2 Å². The van der Waals surface area contributed by atoms with Gasteiger partial charge in [0.1, 0.15) is 5.75 Å². The Labute approximate surface area is 137 Å². The van der Waals surface area contributed by atoms with Crippen LogP contribution in [-0.2, 0) is 6.42 Å². The molecule has 0 aliphatic heterocycles. The smallest absolute Gasteiger partial charge is 0.406 e. The van der Waals surface area contributed by atoms with Gasteiger partial charge in [-0.3, -0.25) is 5.41 Å². The number of alkyl halides is 3. The van der Waals surface area contributed by atoms with Crippen LogP contribution in [0.25, 0.3) is 0 Å². The number of allylic oxidation sites excluding steroid dienone is 2. The first-order valence-electron chi connectivity index (χ1n) is 7.02. The van der Waals surface area contributed by atoms with E-state index in [1.165, 1.54) is 12.1 Å². The highest BCUT2D eigenvalue weighted by atomic mass is 79.9. The molecule has 1 rings (SSSR count). The monoisotopic (exact) mass is 378 g/mol. The number of aryl methyl sites for hydroxylation is 1. The van der Waals surface area contributed by atoms with Crippen molar-refractivity contribution in [1.82, 2.24) is 0 Å². The van der Waals surface area contributed by atoms with Crippen molar-refractivity contribution >= 4 is 21.6 Å². The van der Waals surface area contributed by atoms with E-state index >= 15 is 0 Å². The highest BCUT2D eigenvalue weighted by molar-refractivity contribution is 9.12. The van der Waals surface area contributed by atoms with Gasteiger partial charge in [-0.2, -0.15) is 0 Å². The van der Waals surface area contributed by atoms with Gasteiger partial charge in [0.05, 0.1) is 4.48 Å². The van der Waals surface area contributed by atoms with Crippen molar-refractivity contribution < 1.29 is 23.3 Å². The molecule has 0 spiro atoms. The highest BCUT2D eigenvalue weighted by Crippen LogP contribution is 2.23. The highest BCUT2D eigenvalue weighted by Gasteiger charge is 2.30. The lowest BCUT2D eigenvalue weighted by atomic mass is 10.1. The summed E-state index contributed by atoms with van der Waals surface area (Å²) in [6, 6.07) is 5.96. The lowest BCUT2D eigenvalue weighted by Crippen LogP contribution is -2.43. The van der Waals surface area contributed by atoms with Gasteiger partial charge in [-0.1, -0.05) is 32.1 Å². The number of benzene rings is 1. The van der Waals surface area contributed by atoms with E-state index in [1.54, 1.807) is 12.1 Å². The van der Waals surface area contributed by atoms with Crippen LogP contribution in [0, 0.1) is 5.92 Å². The minimum Gasteiger partial charge on any atom is -0.406 e. The summed E-state index contributed by atoms with van der Waals surface area (Å²) in [6.07, 6.45) is -0.110. The molecule has 6 heteroatoms. The Bertz CT molecular complexity index is 521. The summed E-state index contributed by atoms with van der Waals surface area (Å²) in [5.74, 6) is 0.0880. The van der Waals surface area contributed by atoms with E-state index in [0.717, 1.165) is 35.0 Å². The second kappa shape index (κ2) is 8.36. The first kappa shape index (κ1) is 18.7. The zero-order chi connectivity index (χ0) is 16.8. The van der Waals surface area contributed by atoms with Crippen LogP contribution in [0.3, 0.4) is 0 Å². The lowest BCUT2D eigenvalue weighted by Gasteiger charge is -2.09. The second-order valence-electron chi connectivity index (χ2n) is 5.25. The largest absolute Gasteiger partial charge is 0.573 e. The average Bonchev–Trinajstić information content (AvgIpc) is 2.42. The Balaban J connectivity index is 2.43. The van der Waals surface area contributed by atoms with E-state index in [4.69, 9.17) is 5.41 Å². The quantitative estimate of drug-likeness (QED) is 0.563. The van der Waals surface area contributed by atoms with E-state index < -0.39 is 6.36 Å². The van der Waals surface area contributed by atoms with Crippen molar-refractivity contribution in [2.24, 2.45) is 5.92 Å². The Morgan fingerprint density at radius 2 is 1.86 bits per heavy atom. The molecular formula is C16H20BrF3NO+. The maximum absolute atomic E-state index is 12.0. The van der Waals surface area contributed by atoms with Gasteiger partial charge in [0.15, 0.2) is 5.71 Å². The van der Waals surface area contributed by atoms with Crippen LogP contribution in [0.2, 0.25) is 0 Å². The van der Waals surface area contributed by atoms with Gasteiger partial charge in [-0.25, -0.2) is 0 Å². The van der Waals surface area contributed by atoms with Crippen molar-refractivity contribution in [3.8, 4) is 5.75 Å². The Hall–Kier alpha value is -1.30. The van der Waals surface area contributed by atoms with E-state index in [0.29, 0.717) is 0 Å². The molecule has 0 bridgehead atoms. The molecule has 0 heterocycles. The van der Waals surface area contributed by atoms with Crippen LogP contribution in [0.1, 0.15) is 32.3 Å². The molecular weight excluding hydrogens is 359 g/mol. The van der Waals surface area contributed by atoms with Gasteiger partial charge in [0, 0.05) is 5.92 Å². The molecule has 1 aromatic carbocycles. The number of ether oxygens (including phenoxy) is 1. The Morgan fingerprint density at radius 3 is 2.36 bits per heavy atom. The summed E-state index contributed by atoms with van der Waals surface area (Å²) in [4.78, 5) is 0. The fourth-order valence-corrected chi connectivity index (χ4v) is 2.47. The Kier molecular flexibility index (Phi) is 7.13. The molecule has 0 amide bonds. The summed E-state index contributed by atoms with van der Waals surface area (Å²) in [6.45, 7) is 4.05. The number of halogens is 4. The summed E-state index contributed by atoms with van der Waals surface area (Å²) >= 11 is 3.44. The van der Waals surface area contributed by atoms with Gasteiger partial charge < -0.3 is 4.74 Å². The first-order valence-corrected chi connectivity index (χ1v) is 7.81. The van der Waals surface area contributed by atoms with Crippen molar-refractivity contribution in [2.75, 3.05) is 0 Å². The minimum atomic E-state index is -4.65. The maximum Gasteiger partial charge on any atom is 0.573 e. The molecule has 22 heavy (non-hydrogen) atoms. The third kappa shape index (κ3) is 7.11. The van der Waals surface area contributed by atoms with Crippen LogP contribution < -0.4 is 10.1 Å². The van der Waals surface area contributed by atoms with Crippen LogP contribution in [0.5, 0.6) is 5.75 Å². The topological polar surface area (TPSA) is 34.8 Å². The van der Waals surface area contributed by atoms with Crippen LogP contribution in [0.4, 0.5) is 13.2 Å². The zero-order valence-electron chi connectivity index (χ0n) is 12.6. The van der Waals surface area contributed by atoms with E-state index in [2.05, 4.69) is 20.7 Å². The number of unbranched alkanes of at least 4 members (excludes halogenated alkanes) is 1. The molecule has 1 aromatic rings. The van der Waals surface area contributed by atoms with Gasteiger partial charge in [0.25, 0.3) is 0 Å². The average molecular weight is 379 g/mol. The molecule has 0 aliphatic rings. The second-order valence-corrected chi connectivity index (χ2v) is 6.10. The summed E-state index contributed by atoms with van der Waals surface area (Å²) < 4.78 is 40.9. The molecule has 0 aliphatic carbocycles. The number of hydrogen-bond acceptors (Lipinski definition) is 1. The summed E-state index contributed by atoms with van der Waals surface area (Å²) in [5, 5.41) is 5.92. The van der Waals surface area contributed by atoms with E-state index in [9.17, 15) is 13.2 Å². The van der Waals surface area contributed by atoms with Crippen molar-refractivity contribution in [3.05, 3.63) is 40.4 Å². The predicted molar refractivity (Wildman–Crippen MR) is 84.8 cm³/mol. The first-order chi connectivity index (χ1) is 10.2. The summed E-state index contributed by atoms with van der Waals surface area (Å²) in [7, 11) is 0. The number of nitrogens with two attached hydrogens (primary N) is 1. The summed E-state index contributed by atoms with van der Waals surface area (Å²) in [5.41, 5.74) is 1.79. The standard InChI is InChI=1S/C16H19BrF3NO/c1-11(2)15(21)14(17)6-4-3-5-12-7-9-13(10-8-12)22-16(18,19)20/h6-11,21H,3-5H2,1-2H3/p+1/b14-6+,21-15?. The van der Waals surface area contributed by atoms with Crippen molar-refractivity contribution in [3.63, 3.8) is 0 Å². The molecule has 122 valence electrons. The predicted octanol–water partition coefficient (Wildman–Crippen LogP) is 4.04. The van der Waals surface area contributed by atoms with Crippen molar-refractivity contribution in [1.29, 1.82) is 0 Å². The zero-order valence-corrected chi connectivity index (χ0v) is 14.2. The SMILES string of the molecule is CC(C)C(=[NH2+])/C(Br)=C\CCCc1ccc(OC(F)(F)F)cc1. The number of rotatable bonds is 7. The molecule has 2 nitrogen and oxygen atoms in total. The molecule has 2 N–H and O–H groups in total. The van der Waals surface area contributed by atoms with E-state index in [-0.39, 0.29) is 11.7 Å². The maximum atomic E-state index is 12.0. The molecule has 0 atom stereocenters. The molecule has 0 unspecified atom stereocenters. The third-order valence-corrected chi connectivity index (χ3v) is 3.83. The molecule has 0 aromatic heterocycles. The third-order valence-electron chi connectivity index (χ3n) is 3.05. The molecule has 0 saturated heterocycles. The molecule has 0 radical (unpaired) electrons. The minimum absolute atomic E-state index is 0.196. The number of hydrogen-bond donors (Lipinski definition) is 1. The van der Waals surface area contributed by atoms with Gasteiger partial charge >= 0.3 is 6.36 Å². The van der Waals surface area contributed by atoms with Gasteiger partial charge in [0.2, 0.25) is 0 Å². The van der Waals surface area contributed by atoms with E-state index in [1.807, 2.05) is 19.9 Å². The Morgan fingerprint density at radius 1 is 1.27 bits per heavy atom. The fraction of sp³-hybridized carbons (Fsp3) is 0.438. The van der Waals surface area contributed by atoms with Gasteiger partial charge in [-0.05, 0) is 52.9 Å². The fourth-order valence-electron chi connectivity index (χ4n) is 1.79. The molecule has 0 saturated carbocycles. The van der Waals surface area contributed by atoms with Crippen LogP contribution >= 0.6 is 15.9 Å². The molecule has 0 fully saturated rings. The van der Waals surface area contributed by atoms with Crippen LogP contribution in [-0.4, -0.2) is 12.1 Å². The lowest BCUT2D eigenvalue weighted by molar-refractivity contribution is -0.274. The van der Waals surface area contributed by atoms with Crippen LogP contribution in [0.15, 0.2) is 34.8 Å².